The van der Waals surface area contributed by atoms with Crippen molar-refractivity contribution < 1.29 is 47.6 Å². The summed E-state index contributed by atoms with van der Waals surface area (Å²) in [7, 11) is 4.97. The van der Waals surface area contributed by atoms with Gasteiger partial charge in [0, 0.05) is 101 Å². The number of halogens is 3. The first-order valence-corrected chi connectivity index (χ1v) is 29.0. The van der Waals surface area contributed by atoms with Crippen LogP contribution in [0, 0.1) is 26.7 Å². The molecule has 12 rings (SSSR count). The number of benzene rings is 6. The molecule has 0 saturated carbocycles. The van der Waals surface area contributed by atoms with Crippen LogP contribution in [0.2, 0.25) is 15.1 Å². The van der Waals surface area contributed by atoms with E-state index in [-0.39, 0.29) is 23.3 Å². The number of hydrogen-bond donors (Lipinski definition) is 0. The molecule has 0 aromatic heterocycles. The van der Waals surface area contributed by atoms with Crippen molar-refractivity contribution in [3.63, 3.8) is 0 Å². The number of anilines is 3. The van der Waals surface area contributed by atoms with Gasteiger partial charge in [0.2, 0.25) is 0 Å². The van der Waals surface area contributed by atoms with Crippen LogP contribution in [0.3, 0.4) is 0 Å². The molecule has 0 spiro atoms. The molecule has 1 atom stereocenters. The van der Waals surface area contributed by atoms with Crippen molar-refractivity contribution in [3.05, 3.63) is 178 Å². The highest BCUT2D eigenvalue weighted by Gasteiger charge is 2.34. The number of fused-ring (bicyclic) bond motifs is 3. The van der Waals surface area contributed by atoms with Crippen molar-refractivity contribution in [3.8, 4) is 17.2 Å². The number of hydrogen-bond acceptors (Lipinski definition) is 13. The van der Waals surface area contributed by atoms with Crippen molar-refractivity contribution in [2.75, 3.05) is 115 Å². The molecule has 6 aromatic carbocycles. The van der Waals surface area contributed by atoms with E-state index in [2.05, 4.69) is 39.8 Å². The first-order chi connectivity index (χ1) is 39.7. The van der Waals surface area contributed by atoms with Crippen LogP contribution in [-0.2, 0) is 39.9 Å². The lowest BCUT2D eigenvalue weighted by Crippen LogP contribution is -2.36. The summed E-state index contributed by atoms with van der Waals surface area (Å²) in [6.45, 7) is 15.4. The van der Waals surface area contributed by atoms with Gasteiger partial charge in [-0.3, -0.25) is 19.2 Å². The summed E-state index contributed by atoms with van der Waals surface area (Å²) in [6, 6.07) is 28.9. The van der Waals surface area contributed by atoms with Crippen LogP contribution in [0.15, 0.2) is 96.6 Å². The van der Waals surface area contributed by atoms with Gasteiger partial charge in [0.15, 0.2) is 17.3 Å². The van der Waals surface area contributed by atoms with Crippen molar-refractivity contribution in [1.29, 1.82) is 0 Å². The van der Waals surface area contributed by atoms with Crippen LogP contribution in [0.1, 0.15) is 92.4 Å². The van der Waals surface area contributed by atoms with Crippen LogP contribution in [-0.4, -0.2) is 124 Å². The second-order valence-electron chi connectivity index (χ2n) is 21.1. The summed E-state index contributed by atoms with van der Waals surface area (Å²) in [4.78, 5) is 54.9. The van der Waals surface area contributed by atoms with E-state index in [1.165, 1.54) is 5.56 Å². The van der Waals surface area contributed by atoms with E-state index < -0.39 is 0 Å². The van der Waals surface area contributed by atoms with Crippen LogP contribution in [0.4, 0.5) is 17.1 Å². The number of rotatable bonds is 10. The fourth-order valence-electron chi connectivity index (χ4n) is 11.2. The number of nitrogens with zero attached hydrogens (tertiary/aromatic N) is 3. The predicted octanol–water partition coefficient (Wildman–Crippen LogP) is 12.5. The van der Waals surface area contributed by atoms with Crippen LogP contribution < -0.4 is 28.9 Å². The summed E-state index contributed by atoms with van der Waals surface area (Å²) < 4.78 is 32.9. The lowest BCUT2D eigenvalue weighted by molar-refractivity contribution is 0.0934. The minimum Gasteiger partial charge on any atom is -0.495 e. The quantitative estimate of drug-likeness (QED) is 0.0952. The third-order valence-electron chi connectivity index (χ3n) is 15.9. The van der Waals surface area contributed by atoms with Crippen molar-refractivity contribution in [1.82, 2.24) is 0 Å². The second kappa shape index (κ2) is 27.6. The standard InChI is InChI=1S/C22H24ClNO3.C22H22ClNO3.C14H17NO3.C8H7ClO/c2*1-14-3-4-18(23)11-15(14)9-17-10-16-12-20(24-5-7-27-8-6-24)21(26-2)13-19(16)22(17)25;1-17-14-9-11-10(2-3-13(11)16)8-12(14)15-4-6-18-7-5-15;1-6-2-3-8(9)4-7(6)5-10/h3-4,11-13,17H,5-10H2,1-2H3;3-4,9,11-13H,5-8,10H2,1-2H3;8-9H,2-7H2,1H3;2-5H,1H3/b;17-9+;;. The van der Waals surface area contributed by atoms with Crippen molar-refractivity contribution in [2.45, 2.75) is 52.9 Å². The summed E-state index contributed by atoms with van der Waals surface area (Å²) in [5, 5.41) is 1.99. The number of carbonyl (C=O) groups excluding carboxylic acids is 4. The van der Waals surface area contributed by atoms with E-state index in [0.29, 0.717) is 41.7 Å². The van der Waals surface area contributed by atoms with E-state index >= 15 is 0 Å². The number of Topliss-reactive ketones (excluding diaryl/α,β-unsaturated/α-hetero) is 3. The molecule has 0 N–H and O–H groups in total. The van der Waals surface area contributed by atoms with Crippen LogP contribution >= 0.6 is 34.8 Å². The third kappa shape index (κ3) is 14.0. The number of ether oxygens (including phenoxy) is 6. The Morgan fingerprint density at radius 3 is 1.49 bits per heavy atom. The smallest absolute Gasteiger partial charge is 0.189 e. The Morgan fingerprint density at radius 1 is 0.524 bits per heavy atom. The SMILES string of the molecule is COc1cc2c(cc1N1CCOCC1)C/C(=C\c1cc(Cl)ccc1C)C2=O.COc1cc2c(cc1N1CCOCC1)CC(Cc1cc(Cl)ccc1C)C2=O.COc1cc2c(cc1N1CCOCC1)CCC2=O.Cc1ccc(Cl)cc1C=O. The van der Waals surface area contributed by atoms with Gasteiger partial charge in [-0.05, 0) is 163 Å². The van der Waals surface area contributed by atoms with Gasteiger partial charge in [0.25, 0.3) is 0 Å². The molecule has 82 heavy (non-hydrogen) atoms. The molecule has 3 aliphatic carbocycles. The lowest BCUT2D eigenvalue weighted by atomic mass is 9.93. The van der Waals surface area contributed by atoms with Crippen LogP contribution in [0.25, 0.3) is 6.08 Å². The van der Waals surface area contributed by atoms with Crippen molar-refractivity contribution in [2.24, 2.45) is 5.92 Å². The molecule has 430 valence electrons. The fourth-order valence-corrected chi connectivity index (χ4v) is 11.8. The van der Waals surface area contributed by atoms with E-state index in [4.69, 9.17) is 63.2 Å². The highest BCUT2D eigenvalue weighted by molar-refractivity contribution is 6.31. The summed E-state index contributed by atoms with van der Waals surface area (Å²) in [6.07, 6.45) is 6.37. The van der Waals surface area contributed by atoms with Gasteiger partial charge in [0.1, 0.15) is 23.5 Å². The Balaban J connectivity index is 0.000000139. The molecule has 1 unspecified atom stereocenters. The number of methoxy groups -OCH3 is 3. The molecule has 6 aliphatic rings. The first kappa shape index (κ1) is 59.9. The third-order valence-corrected chi connectivity index (χ3v) is 16.6. The highest BCUT2D eigenvalue weighted by atomic mass is 35.5. The number of aryl methyl sites for hydroxylation is 4. The summed E-state index contributed by atoms with van der Waals surface area (Å²) in [5.41, 5.74) is 15.7. The molecule has 0 radical (unpaired) electrons. The van der Waals surface area contributed by atoms with Gasteiger partial charge in [-0.15, -0.1) is 0 Å². The van der Waals surface area contributed by atoms with E-state index in [0.717, 1.165) is 192 Å². The first-order valence-electron chi connectivity index (χ1n) is 27.8. The van der Waals surface area contributed by atoms with Crippen molar-refractivity contribution >= 4 is 81.6 Å². The molecule has 3 fully saturated rings. The lowest BCUT2D eigenvalue weighted by Gasteiger charge is -2.30. The highest BCUT2D eigenvalue weighted by Crippen LogP contribution is 2.41. The Kier molecular flexibility index (Phi) is 20.1. The Labute approximate surface area is 495 Å². The molecule has 6 aromatic rings. The minimum absolute atomic E-state index is 0.0400. The van der Waals surface area contributed by atoms with Gasteiger partial charge in [-0.1, -0.05) is 53.0 Å². The van der Waals surface area contributed by atoms with Gasteiger partial charge >= 0.3 is 0 Å². The van der Waals surface area contributed by atoms with Gasteiger partial charge in [-0.2, -0.15) is 0 Å². The Bertz CT molecular complexity index is 3380. The number of ketones is 3. The van der Waals surface area contributed by atoms with E-state index in [1.807, 2.05) is 80.6 Å². The monoisotopic (exact) mass is 1170 g/mol. The minimum atomic E-state index is -0.0400. The zero-order valence-electron chi connectivity index (χ0n) is 47.5. The molecule has 16 heteroatoms. The topological polar surface area (TPSA) is 133 Å². The molecule has 13 nitrogen and oxygen atoms in total. The maximum atomic E-state index is 13.0. The number of morpholine rings is 3. The van der Waals surface area contributed by atoms with Gasteiger partial charge < -0.3 is 43.1 Å². The zero-order chi connectivity index (χ0) is 58.0. The van der Waals surface area contributed by atoms with Gasteiger partial charge in [0.05, 0.1) is 78.0 Å². The Morgan fingerprint density at radius 2 is 0.976 bits per heavy atom. The summed E-state index contributed by atoms with van der Waals surface area (Å²) >= 11 is 17.9. The number of aldehydes is 1. The normalized spacial score (nSPS) is 17.6. The molecule has 0 amide bonds. The van der Waals surface area contributed by atoms with E-state index in [9.17, 15) is 19.2 Å². The number of allylic oxidation sites excluding steroid dienone is 1. The number of carbonyl (C=O) groups is 4. The molecular formula is C66H70Cl3N3O10. The predicted molar refractivity (Wildman–Crippen MR) is 326 cm³/mol. The maximum absolute atomic E-state index is 13.0. The van der Waals surface area contributed by atoms with E-state index in [1.54, 1.807) is 33.5 Å². The molecule has 0 bridgehead atoms. The molecule has 3 heterocycles. The van der Waals surface area contributed by atoms with Gasteiger partial charge in [-0.25, -0.2) is 0 Å². The molecule has 3 saturated heterocycles. The maximum Gasteiger partial charge on any atom is 0.189 e. The molecular weight excluding hydrogens is 1100 g/mol. The average molecular weight is 1170 g/mol. The zero-order valence-corrected chi connectivity index (χ0v) is 49.7. The second-order valence-corrected chi connectivity index (χ2v) is 22.4. The average Bonchev–Trinajstić information content (AvgIpc) is 4.31. The fraction of sp³-hybridized carbons (Fsp3) is 0.364. The largest absolute Gasteiger partial charge is 0.495 e. The molecule has 3 aliphatic heterocycles. The Hall–Kier alpha value is -6.71. The summed E-state index contributed by atoms with van der Waals surface area (Å²) in [5.74, 6) is 2.77. The van der Waals surface area contributed by atoms with Crippen LogP contribution in [0.5, 0.6) is 17.2 Å².